The molecular weight excluding hydrogens is 330 g/mol. The molecule has 0 amide bonds. The van der Waals surface area contributed by atoms with Gasteiger partial charge >= 0.3 is 0 Å². The number of hydrogen-bond donors (Lipinski definition) is 1. The second kappa shape index (κ2) is 8.71. The SMILES string of the molecule is CCCNCc1cc(Br)cnc1N(C)CC1CCCCO1. The lowest BCUT2D eigenvalue weighted by Gasteiger charge is -2.29. The maximum atomic E-state index is 5.84. The van der Waals surface area contributed by atoms with Crippen LogP contribution in [0.5, 0.6) is 0 Å². The number of halogens is 1. The molecule has 1 atom stereocenters. The van der Waals surface area contributed by atoms with Crippen molar-refractivity contribution in [2.24, 2.45) is 0 Å². The molecule has 1 aliphatic rings. The maximum absolute atomic E-state index is 5.84. The molecule has 1 fully saturated rings. The van der Waals surface area contributed by atoms with Crippen LogP contribution in [0.4, 0.5) is 5.82 Å². The van der Waals surface area contributed by atoms with Gasteiger partial charge in [0.25, 0.3) is 0 Å². The number of anilines is 1. The molecule has 5 heteroatoms. The molecule has 21 heavy (non-hydrogen) atoms. The van der Waals surface area contributed by atoms with E-state index in [9.17, 15) is 0 Å². The fourth-order valence-electron chi connectivity index (χ4n) is 2.69. The van der Waals surface area contributed by atoms with E-state index in [1.54, 1.807) is 0 Å². The fourth-order valence-corrected chi connectivity index (χ4v) is 3.07. The van der Waals surface area contributed by atoms with Crippen molar-refractivity contribution in [2.75, 3.05) is 31.6 Å². The number of nitrogens with one attached hydrogen (secondary N) is 1. The van der Waals surface area contributed by atoms with Crippen LogP contribution >= 0.6 is 15.9 Å². The van der Waals surface area contributed by atoms with Crippen LogP contribution in [0.3, 0.4) is 0 Å². The summed E-state index contributed by atoms with van der Waals surface area (Å²) in [5.74, 6) is 1.05. The first-order valence-electron chi connectivity index (χ1n) is 7.88. The van der Waals surface area contributed by atoms with Gasteiger partial charge in [0.2, 0.25) is 0 Å². The Balaban J connectivity index is 2.01. The van der Waals surface area contributed by atoms with Crippen molar-refractivity contribution < 1.29 is 4.74 Å². The molecule has 1 aliphatic heterocycles. The summed E-state index contributed by atoms with van der Waals surface area (Å²) in [5, 5.41) is 3.46. The van der Waals surface area contributed by atoms with Crippen molar-refractivity contribution in [1.82, 2.24) is 10.3 Å². The number of pyridine rings is 1. The van der Waals surface area contributed by atoms with Gasteiger partial charge in [-0.15, -0.1) is 0 Å². The Morgan fingerprint density at radius 2 is 2.33 bits per heavy atom. The molecule has 0 saturated carbocycles. The normalized spacial score (nSPS) is 18.7. The maximum Gasteiger partial charge on any atom is 0.132 e. The van der Waals surface area contributed by atoms with Gasteiger partial charge in [-0.3, -0.25) is 0 Å². The third-order valence-electron chi connectivity index (χ3n) is 3.76. The van der Waals surface area contributed by atoms with E-state index in [-0.39, 0.29) is 0 Å². The lowest BCUT2D eigenvalue weighted by atomic mass is 10.1. The van der Waals surface area contributed by atoms with E-state index in [0.29, 0.717) is 6.10 Å². The van der Waals surface area contributed by atoms with Crippen LogP contribution in [0.15, 0.2) is 16.7 Å². The molecule has 1 aromatic rings. The minimum atomic E-state index is 0.339. The zero-order chi connectivity index (χ0) is 15.1. The summed E-state index contributed by atoms with van der Waals surface area (Å²) in [6.45, 7) is 5.87. The second-order valence-corrected chi connectivity index (χ2v) is 6.60. The van der Waals surface area contributed by atoms with E-state index in [1.807, 2.05) is 6.20 Å². The Bertz CT molecular complexity index is 436. The van der Waals surface area contributed by atoms with Gasteiger partial charge in [0.1, 0.15) is 5.82 Å². The van der Waals surface area contributed by atoms with Gasteiger partial charge in [-0.2, -0.15) is 0 Å². The van der Waals surface area contributed by atoms with Crippen molar-refractivity contribution in [3.05, 3.63) is 22.3 Å². The van der Waals surface area contributed by atoms with Gasteiger partial charge in [0, 0.05) is 43.0 Å². The van der Waals surface area contributed by atoms with E-state index >= 15 is 0 Å². The summed E-state index contributed by atoms with van der Waals surface area (Å²) in [5.41, 5.74) is 1.23. The van der Waals surface area contributed by atoms with Crippen molar-refractivity contribution in [1.29, 1.82) is 0 Å². The first-order chi connectivity index (χ1) is 10.2. The summed E-state index contributed by atoms with van der Waals surface area (Å²) in [4.78, 5) is 6.83. The highest BCUT2D eigenvalue weighted by Crippen LogP contribution is 2.22. The van der Waals surface area contributed by atoms with Crippen LogP contribution in [0.25, 0.3) is 0 Å². The van der Waals surface area contributed by atoms with Gasteiger partial charge in [0.15, 0.2) is 0 Å². The van der Waals surface area contributed by atoms with E-state index in [2.05, 4.69) is 51.2 Å². The zero-order valence-corrected chi connectivity index (χ0v) is 14.7. The first-order valence-corrected chi connectivity index (χ1v) is 8.68. The number of likely N-dealkylation sites (N-methyl/N-ethyl adjacent to an activating group) is 1. The topological polar surface area (TPSA) is 37.4 Å². The molecule has 0 spiro atoms. The zero-order valence-electron chi connectivity index (χ0n) is 13.1. The van der Waals surface area contributed by atoms with Crippen molar-refractivity contribution >= 4 is 21.7 Å². The quantitative estimate of drug-likeness (QED) is 0.761. The Labute approximate surface area is 136 Å². The van der Waals surface area contributed by atoms with Crippen LogP contribution in [-0.2, 0) is 11.3 Å². The third kappa shape index (κ3) is 5.24. The van der Waals surface area contributed by atoms with Crippen LogP contribution in [-0.4, -0.2) is 37.8 Å². The average Bonchev–Trinajstić information content (AvgIpc) is 2.48. The molecule has 0 aliphatic carbocycles. The number of nitrogens with zero attached hydrogens (tertiary/aromatic N) is 2. The Hall–Kier alpha value is -0.650. The predicted molar refractivity (Wildman–Crippen MR) is 90.8 cm³/mol. The molecule has 2 heterocycles. The van der Waals surface area contributed by atoms with Crippen LogP contribution < -0.4 is 10.2 Å². The van der Waals surface area contributed by atoms with E-state index in [1.165, 1.54) is 18.4 Å². The van der Waals surface area contributed by atoms with Gasteiger partial charge in [-0.25, -0.2) is 4.98 Å². The smallest absolute Gasteiger partial charge is 0.132 e. The highest BCUT2D eigenvalue weighted by atomic mass is 79.9. The van der Waals surface area contributed by atoms with Crippen molar-refractivity contribution in [3.8, 4) is 0 Å². The van der Waals surface area contributed by atoms with E-state index < -0.39 is 0 Å². The molecule has 1 unspecified atom stereocenters. The summed E-state index contributed by atoms with van der Waals surface area (Å²) >= 11 is 3.52. The largest absolute Gasteiger partial charge is 0.376 e. The number of ether oxygens (including phenoxy) is 1. The summed E-state index contributed by atoms with van der Waals surface area (Å²) in [6, 6.07) is 2.16. The molecule has 118 valence electrons. The third-order valence-corrected chi connectivity index (χ3v) is 4.20. The molecule has 0 radical (unpaired) electrons. The molecule has 4 nitrogen and oxygen atoms in total. The first kappa shape index (κ1) is 16.7. The highest BCUT2D eigenvalue weighted by molar-refractivity contribution is 9.10. The van der Waals surface area contributed by atoms with Crippen molar-refractivity contribution in [2.45, 2.75) is 45.3 Å². The summed E-state index contributed by atoms with van der Waals surface area (Å²) < 4.78 is 6.87. The predicted octanol–water partition coefficient (Wildman–Crippen LogP) is 3.35. The molecule has 1 aromatic heterocycles. The number of hydrogen-bond acceptors (Lipinski definition) is 4. The molecule has 2 rings (SSSR count). The molecular formula is C16H26BrN3O. The van der Waals surface area contributed by atoms with Crippen LogP contribution in [0, 0.1) is 0 Å². The standard InChI is InChI=1S/C16H26BrN3O/c1-3-7-18-10-13-9-14(17)11-19-16(13)20(2)12-15-6-4-5-8-21-15/h9,11,15,18H,3-8,10,12H2,1-2H3. The Kier molecular flexibility index (Phi) is 6.93. The minimum Gasteiger partial charge on any atom is -0.376 e. The van der Waals surface area contributed by atoms with Crippen molar-refractivity contribution in [3.63, 3.8) is 0 Å². The highest BCUT2D eigenvalue weighted by Gasteiger charge is 2.18. The van der Waals surface area contributed by atoms with Gasteiger partial charge in [-0.05, 0) is 54.2 Å². The molecule has 0 aromatic carbocycles. The van der Waals surface area contributed by atoms with E-state index in [0.717, 1.165) is 49.4 Å². The van der Waals surface area contributed by atoms with Gasteiger partial charge in [0.05, 0.1) is 6.10 Å². The van der Waals surface area contributed by atoms with Crippen LogP contribution in [0.2, 0.25) is 0 Å². The Morgan fingerprint density at radius 1 is 1.48 bits per heavy atom. The monoisotopic (exact) mass is 355 g/mol. The van der Waals surface area contributed by atoms with Gasteiger partial charge < -0.3 is 15.0 Å². The Morgan fingerprint density at radius 3 is 3.05 bits per heavy atom. The number of aromatic nitrogens is 1. The summed E-state index contributed by atoms with van der Waals surface area (Å²) in [7, 11) is 2.11. The molecule has 1 saturated heterocycles. The van der Waals surface area contributed by atoms with Gasteiger partial charge in [-0.1, -0.05) is 6.92 Å². The lowest BCUT2D eigenvalue weighted by Crippen LogP contribution is -2.34. The molecule has 1 N–H and O–H groups in total. The second-order valence-electron chi connectivity index (χ2n) is 5.68. The molecule has 0 bridgehead atoms. The van der Waals surface area contributed by atoms with Crippen LogP contribution in [0.1, 0.15) is 38.2 Å². The minimum absolute atomic E-state index is 0.339. The van der Waals surface area contributed by atoms with E-state index in [4.69, 9.17) is 4.74 Å². The number of rotatable bonds is 7. The summed E-state index contributed by atoms with van der Waals surface area (Å²) in [6.07, 6.45) is 6.98. The fraction of sp³-hybridized carbons (Fsp3) is 0.688. The lowest BCUT2D eigenvalue weighted by molar-refractivity contribution is 0.0215. The average molecular weight is 356 g/mol.